The highest BCUT2D eigenvalue weighted by atomic mass is 35.5. The van der Waals surface area contributed by atoms with Crippen molar-refractivity contribution in [3.63, 3.8) is 0 Å². The maximum atomic E-state index is 14.0. The van der Waals surface area contributed by atoms with Crippen LogP contribution in [0.15, 0.2) is 30.3 Å². The van der Waals surface area contributed by atoms with Crippen molar-refractivity contribution in [2.45, 2.75) is 38.8 Å². The lowest BCUT2D eigenvalue weighted by Gasteiger charge is -2.34. The summed E-state index contributed by atoms with van der Waals surface area (Å²) in [6.45, 7) is 3.66. The number of halogens is 3. The number of aromatic carboxylic acids is 1. The predicted octanol–water partition coefficient (Wildman–Crippen LogP) is 4.85. The maximum Gasteiger partial charge on any atom is 0.338 e. The highest BCUT2D eigenvalue weighted by Crippen LogP contribution is 2.39. The summed E-state index contributed by atoms with van der Waals surface area (Å²) in [7, 11) is 0. The highest BCUT2D eigenvalue weighted by Gasteiger charge is 2.35. The van der Waals surface area contributed by atoms with Gasteiger partial charge in [-0.2, -0.15) is 0 Å². The van der Waals surface area contributed by atoms with Gasteiger partial charge in [-0.15, -0.1) is 0 Å². The van der Waals surface area contributed by atoms with E-state index in [1.165, 1.54) is 18.2 Å². The fraction of sp³-hybridized carbons (Fsp3) is 0.300. The zero-order valence-corrected chi connectivity index (χ0v) is 15.6. The number of aryl methyl sites for hydroxylation is 1. The van der Waals surface area contributed by atoms with Crippen molar-refractivity contribution in [1.82, 2.24) is 4.90 Å². The Bertz CT molecular complexity index is 930. The standard InChI is InChI=1S/C20H18ClF2NO3/c1-10(2)24(19(25)13-5-4-12(22)8-16(13)21)18-6-3-11-7-17(23)15(20(26)27)9-14(11)18/h4-5,7-10,18H,3,6H2,1-2H3,(H,26,27). The first-order valence-corrected chi connectivity index (χ1v) is 8.91. The van der Waals surface area contributed by atoms with Gasteiger partial charge in [-0.25, -0.2) is 13.6 Å². The van der Waals surface area contributed by atoms with Crippen LogP contribution in [0, 0.1) is 11.6 Å². The molecule has 0 heterocycles. The molecule has 0 saturated carbocycles. The van der Waals surface area contributed by atoms with Gasteiger partial charge in [0.2, 0.25) is 0 Å². The predicted molar refractivity (Wildman–Crippen MR) is 97.1 cm³/mol. The second-order valence-corrected chi connectivity index (χ2v) is 7.23. The van der Waals surface area contributed by atoms with Gasteiger partial charge < -0.3 is 10.0 Å². The minimum atomic E-state index is -1.36. The lowest BCUT2D eigenvalue weighted by molar-refractivity contribution is 0.0606. The largest absolute Gasteiger partial charge is 0.478 e. The molecule has 0 spiro atoms. The van der Waals surface area contributed by atoms with E-state index in [0.717, 1.165) is 12.1 Å². The first-order valence-electron chi connectivity index (χ1n) is 8.54. The van der Waals surface area contributed by atoms with Gasteiger partial charge in [0.1, 0.15) is 11.6 Å². The fourth-order valence-corrected chi connectivity index (χ4v) is 3.84. The van der Waals surface area contributed by atoms with Gasteiger partial charge in [0.25, 0.3) is 5.91 Å². The third kappa shape index (κ3) is 3.54. The molecule has 0 radical (unpaired) electrons. The molecule has 3 rings (SSSR count). The topological polar surface area (TPSA) is 57.6 Å². The normalized spacial score (nSPS) is 15.7. The summed E-state index contributed by atoms with van der Waals surface area (Å²) in [6, 6.07) is 5.47. The third-order valence-electron chi connectivity index (χ3n) is 4.79. The molecule has 1 atom stereocenters. The number of carboxylic acids is 1. The number of hydrogen-bond acceptors (Lipinski definition) is 2. The highest BCUT2D eigenvalue weighted by molar-refractivity contribution is 6.33. The Morgan fingerprint density at radius 3 is 2.48 bits per heavy atom. The SMILES string of the molecule is CC(C)N(C(=O)c1ccc(F)cc1Cl)C1CCc2cc(F)c(C(=O)O)cc21. The van der Waals surface area contributed by atoms with E-state index in [-0.39, 0.29) is 22.5 Å². The molecule has 0 saturated heterocycles. The van der Waals surface area contributed by atoms with Gasteiger partial charge in [0, 0.05) is 6.04 Å². The van der Waals surface area contributed by atoms with Crippen molar-refractivity contribution in [3.8, 4) is 0 Å². The Morgan fingerprint density at radius 1 is 1.19 bits per heavy atom. The number of fused-ring (bicyclic) bond motifs is 1. The smallest absolute Gasteiger partial charge is 0.338 e. The Hall–Kier alpha value is -2.47. The molecule has 0 fully saturated rings. The number of rotatable bonds is 4. The molecule has 1 aliphatic carbocycles. The maximum absolute atomic E-state index is 14.0. The molecule has 142 valence electrons. The van der Waals surface area contributed by atoms with E-state index in [0.29, 0.717) is 24.0 Å². The molecule has 1 N–H and O–H groups in total. The van der Waals surface area contributed by atoms with Crippen LogP contribution in [-0.2, 0) is 6.42 Å². The lowest BCUT2D eigenvalue weighted by atomic mass is 10.0. The van der Waals surface area contributed by atoms with E-state index in [4.69, 9.17) is 11.6 Å². The number of carbonyl (C=O) groups is 2. The molecule has 1 amide bonds. The first-order chi connectivity index (χ1) is 12.7. The van der Waals surface area contributed by atoms with E-state index < -0.39 is 29.2 Å². The van der Waals surface area contributed by atoms with Crippen molar-refractivity contribution in [2.75, 3.05) is 0 Å². The zero-order valence-electron chi connectivity index (χ0n) is 14.8. The second-order valence-electron chi connectivity index (χ2n) is 6.82. The summed E-state index contributed by atoms with van der Waals surface area (Å²) >= 11 is 6.05. The van der Waals surface area contributed by atoms with Gasteiger partial charge in [0.15, 0.2) is 0 Å². The Labute approximate surface area is 160 Å². The second kappa shape index (κ2) is 7.27. The Morgan fingerprint density at radius 2 is 1.89 bits per heavy atom. The molecule has 7 heteroatoms. The van der Waals surface area contributed by atoms with Crippen LogP contribution in [0.2, 0.25) is 5.02 Å². The molecule has 2 aromatic rings. The van der Waals surface area contributed by atoms with Crippen molar-refractivity contribution in [3.05, 3.63) is 69.2 Å². The van der Waals surface area contributed by atoms with Crippen LogP contribution >= 0.6 is 11.6 Å². The molecule has 27 heavy (non-hydrogen) atoms. The van der Waals surface area contributed by atoms with Crippen LogP contribution in [0.5, 0.6) is 0 Å². The van der Waals surface area contributed by atoms with Crippen molar-refractivity contribution >= 4 is 23.5 Å². The van der Waals surface area contributed by atoms with Crippen molar-refractivity contribution in [1.29, 1.82) is 0 Å². The summed E-state index contributed by atoms with van der Waals surface area (Å²) in [6.07, 6.45) is 1.07. The van der Waals surface area contributed by atoms with Crippen molar-refractivity contribution in [2.24, 2.45) is 0 Å². The number of benzene rings is 2. The summed E-state index contributed by atoms with van der Waals surface area (Å²) in [4.78, 5) is 26.0. The zero-order chi connectivity index (χ0) is 19.9. The minimum Gasteiger partial charge on any atom is -0.478 e. The number of hydrogen-bond donors (Lipinski definition) is 1. The Kier molecular flexibility index (Phi) is 5.20. The molecule has 1 unspecified atom stereocenters. The van der Waals surface area contributed by atoms with Crippen LogP contribution in [0.25, 0.3) is 0 Å². The summed E-state index contributed by atoms with van der Waals surface area (Å²) in [5.41, 5.74) is 1.05. The monoisotopic (exact) mass is 393 g/mol. The Balaban J connectivity index is 2.04. The molecular weight excluding hydrogens is 376 g/mol. The molecule has 1 aliphatic rings. The van der Waals surface area contributed by atoms with Crippen LogP contribution < -0.4 is 0 Å². The number of amides is 1. The van der Waals surface area contributed by atoms with E-state index in [1.807, 2.05) is 13.8 Å². The van der Waals surface area contributed by atoms with Gasteiger partial charge >= 0.3 is 5.97 Å². The van der Waals surface area contributed by atoms with Crippen molar-refractivity contribution < 1.29 is 23.5 Å². The fourth-order valence-electron chi connectivity index (χ4n) is 3.60. The molecule has 0 aliphatic heterocycles. The molecule has 0 aromatic heterocycles. The van der Waals surface area contributed by atoms with Crippen LogP contribution in [0.4, 0.5) is 8.78 Å². The average molecular weight is 394 g/mol. The summed E-state index contributed by atoms with van der Waals surface area (Å²) < 4.78 is 27.3. The molecule has 0 bridgehead atoms. The van der Waals surface area contributed by atoms with Crippen LogP contribution in [0.3, 0.4) is 0 Å². The third-order valence-corrected chi connectivity index (χ3v) is 5.11. The van der Waals surface area contributed by atoms with Crippen LogP contribution in [0.1, 0.15) is 58.2 Å². The summed E-state index contributed by atoms with van der Waals surface area (Å²) in [5, 5.41) is 9.22. The number of nitrogens with zero attached hydrogens (tertiary/aromatic N) is 1. The molecule has 2 aromatic carbocycles. The average Bonchev–Trinajstić information content (AvgIpc) is 2.96. The number of carbonyl (C=O) groups excluding carboxylic acids is 1. The van der Waals surface area contributed by atoms with Gasteiger partial charge in [0.05, 0.1) is 22.2 Å². The molecule has 4 nitrogen and oxygen atoms in total. The van der Waals surface area contributed by atoms with Gasteiger partial charge in [-0.05, 0) is 68.1 Å². The lowest BCUT2D eigenvalue weighted by Crippen LogP contribution is -2.39. The minimum absolute atomic E-state index is 0.00852. The van der Waals surface area contributed by atoms with Gasteiger partial charge in [-0.3, -0.25) is 4.79 Å². The quantitative estimate of drug-likeness (QED) is 0.807. The first kappa shape index (κ1) is 19.3. The van der Waals surface area contributed by atoms with E-state index in [1.54, 1.807) is 4.90 Å². The van der Waals surface area contributed by atoms with E-state index >= 15 is 0 Å². The number of carboxylic acid groups (broad SMARTS) is 1. The van der Waals surface area contributed by atoms with E-state index in [2.05, 4.69) is 0 Å². The van der Waals surface area contributed by atoms with Gasteiger partial charge in [-0.1, -0.05) is 11.6 Å². The van der Waals surface area contributed by atoms with Crippen LogP contribution in [-0.4, -0.2) is 27.9 Å². The summed E-state index contributed by atoms with van der Waals surface area (Å²) in [5.74, 6) is -3.06. The van der Waals surface area contributed by atoms with E-state index in [9.17, 15) is 23.5 Å². The molecular formula is C20H18ClF2NO3.